The molecule has 1 unspecified atom stereocenters. The Morgan fingerprint density at radius 3 is 2.53 bits per heavy atom. The minimum Gasteiger partial charge on any atom is -0.395 e. The maximum Gasteiger partial charge on any atom is 0.252 e. The van der Waals surface area contributed by atoms with Gasteiger partial charge in [-0.2, -0.15) is 5.26 Å². The molecule has 0 saturated carbocycles. The first-order valence-electron chi connectivity index (χ1n) is 10.6. The summed E-state index contributed by atoms with van der Waals surface area (Å²) < 4.78 is 5.53. The van der Waals surface area contributed by atoms with Crippen LogP contribution in [0.25, 0.3) is 22.6 Å². The molecule has 0 aliphatic carbocycles. The Labute approximate surface area is 188 Å². The monoisotopic (exact) mass is 432 g/mol. The highest BCUT2D eigenvalue weighted by Crippen LogP contribution is 2.27. The van der Waals surface area contributed by atoms with Gasteiger partial charge in [-0.1, -0.05) is 55.4 Å². The van der Waals surface area contributed by atoms with Crippen LogP contribution in [0.2, 0.25) is 0 Å². The molecule has 0 saturated heterocycles. The molecule has 1 heterocycles. The molecule has 0 spiro atoms. The van der Waals surface area contributed by atoms with E-state index in [1.54, 1.807) is 25.1 Å². The molecule has 0 aliphatic rings. The van der Waals surface area contributed by atoms with E-state index in [-0.39, 0.29) is 18.6 Å². The van der Waals surface area contributed by atoms with E-state index >= 15 is 0 Å². The second-order valence-electron chi connectivity index (χ2n) is 8.09. The molecule has 3 aromatic rings. The van der Waals surface area contributed by atoms with Gasteiger partial charge in [0.1, 0.15) is 11.7 Å². The zero-order valence-corrected chi connectivity index (χ0v) is 18.5. The van der Waals surface area contributed by atoms with Crippen LogP contribution in [-0.4, -0.2) is 34.9 Å². The Morgan fingerprint density at radius 2 is 1.88 bits per heavy atom. The summed E-state index contributed by atoms with van der Waals surface area (Å²) >= 11 is 0. The summed E-state index contributed by atoms with van der Waals surface area (Å²) in [6.07, 6.45) is 0. The van der Waals surface area contributed by atoms with E-state index in [1.807, 2.05) is 42.5 Å². The first kappa shape index (κ1) is 23.2. The lowest BCUT2D eigenvalue weighted by molar-refractivity contribution is 0.0948. The van der Waals surface area contributed by atoms with Crippen LogP contribution >= 0.6 is 0 Å². The molecule has 1 aromatic heterocycles. The van der Waals surface area contributed by atoms with Gasteiger partial charge in [0.05, 0.1) is 12.7 Å². The summed E-state index contributed by atoms with van der Waals surface area (Å²) in [6.45, 7) is 6.56. The van der Waals surface area contributed by atoms with Crippen molar-refractivity contribution in [2.75, 3.05) is 6.61 Å². The highest BCUT2D eigenvalue weighted by atomic mass is 16.5. The molecular weight excluding hydrogens is 404 g/mol. The number of aliphatic hydroxyl groups excluding tert-OH is 1. The van der Waals surface area contributed by atoms with Gasteiger partial charge in [0, 0.05) is 35.3 Å². The predicted molar refractivity (Wildman–Crippen MR) is 122 cm³/mol. The van der Waals surface area contributed by atoms with E-state index < -0.39 is 6.04 Å². The molecule has 0 fully saturated rings. The smallest absolute Gasteiger partial charge is 0.252 e. The maximum absolute atomic E-state index is 12.3. The van der Waals surface area contributed by atoms with E-state index in [1.165, 1.54) is 0 Å². The van der Waals surface area contributed by atoms with Crippen molar-refractivity contribution in [3.63, 3.8) is 0 Å². The van der Waals surface area contributed by atoms with Gasteiger partial charge in [-0.15, -0.1) is 0 Å². The largest absolute Gasteiger partial charge is 0.395 e. The van der Waals surface area contributed by atoms with E-state index in [2.05, 4.69) is 29.6 Å². The molecular formula is C25H28N4O3. The number of benzene rings is 2. The fourth-order valence-corrected chi connectivity index (χ4v) is 3.23. The van der Waals surface area contributed by atoms with Gasteiger partial charge in [-0.3, -0.25) is 4.79 Å². The van der Waals surface area contributed by atoms with Gasteiger partial charge < -0.3 is 20.3 Å². The van der Waals surface area contributed by atoms with Gasteiger partial charge in [-0.05, 0) is 30.5 Å². The molecule has 0 aliphatic heterocycles. The van der Waals surface area contributed by atoms with E-state index in [4.69, 9.17) is 9.78 Å². The topological polar surface area (TPSA) is 111 Å². The van der Waals surface area contributed by atoms with Gasteiger partial charge in [0.15, 0.2) is 5.76 Å². The highest BCUT2D eigenvalue weighted by Gasteiger charge is 2.14. The molecule has 3 rings (SSSR count). The van der Waals surface area contributed by atoms with Crippen molar-refractivity contribution in [3.8, 4) is 28.7 Å². The minimum absolute atomic E-state index is 0.0625. The SMILES string of the molecule is CC(C#N)NC(=O)c1cccc(-c2cc(-c3ccc(CN[C@@H](CO)C(C)C)cc3)on2)c1. The number of hydrogen-bond donors (Lipinski definition) is 3. The van der Waals surface area contributed by atoms with Crippen LogP contribution < -0.4 is 10.6 Å². The molecule has 7 nitrogen and oxygen atoms in total. The van der Waals surface area contributed by atoms with E-state index in [0.717, 1.165) is 16.7 Å². The van der Waals surface area contributed by atoms with Gasteiger partial charge in [-0.25, -0.2) is 0 Å². The molecule has 2 atom stereocenters. The third kappa shape index (κ3) is 5.82. The van der Waals surface area contributed by atoms with Crippen LogP contribution in [0.5, 0.6) is 0 Å². The average molecular weight is 433 g/mol. The quantitative estimate of drug-likeness (QED) is 0.475. The molecule has 166 valence electrons. The zero-order valence-electron chi connectivity index (χ0n) is 18.5. The summed E-state index contributed by atoms with van der Waals surface area (Å²) in [7, 11) is 0. The Hall–Kier alpha value is -3.47. The lowest BCUT2D eigenvalue weighted by Gasteiger charge is -2.19. The van der Waals surface area contributed by atoms with Crippen molar-refractivity contribution >= 4 is 5.91 Å². The summed E-state index contributed by atoms with van der Waals surface area (Å²) in [5.74, 6) is 0.670. The Balaban J connectivity index is 1.70. The van der Waals surface area contributed by atoms with Gasteiger partial charge in [0.2, 0.25) is 0 Å². The number of aliphatic hydroxyl groups is 1. The van der Waals surface area contributed by atoms with Crippen LogP contribution in [0.1, 0.15) is 36.7 Å². The number of aromatic nitrogens is 1. The van der Waals surface area contributed by atoms with Crippen LogP contribution in [0.4, 0.5) is 0 Å². The van der Waals surface area contributed by atoms with Crippen molar-refractivity contribution in [1.82, 2.24) is 15.8 Å². The molecule has 0 radical (unpaired) electrons. The molecule has 3 N–H and O–H groups in total. The average Bonchev–Trinajstić information content (AvgIpc) is 3.30. The predicted octanol–water partition coefficient (Wildman–Crippen LogP) is 3.76. The van der Waals surface area contributed by atoms with Crippen LogP contribution in [0.3, 0.4) is 0 Å². The minimum atomic E-state index is -0.567. The summed E-state index contributed by atoms with van der Waals surface area (Å²) in [4.78, 5) is 12.3. The Morgan fingerprint density at radius 1 is 1.12 bits per heavy atom. The second-order valence-corrected chi connectivity index (χ2v) is 8.09. The molecule has 2 aromatic carbocycles. The van der Waals surface area contributed by atoms with E-state index in [9.17, 15) is 9.90 Å². The highest BCUT2D eigenvalue weighted by molar-refractivity contribution is 5.95. The standard InChI is InChI=1S/C25H28N4O3/c1-16(2)23(15-30)27-14-18-7-9-19(10-8-18)24-12-22(29-32-24)20-5-4-6-21(11-20)25(31)28-17(3)13-26/h4-12,16-17,23,27,30H,14-15H2,1-3H3,(H,28,31)/t17?,23-/m0/s1. The Bertz CT molecular complexity index is 1080. The van der Waals surface area contributed by atoms with Crippen molar-refractivity contribution in [3.05, 3.63) is 65.7 Å². The summed E-state index contributed by atoms with van der Waals surface area (Å²) in [5.41, 5.74) is 3.83. The lowest BCUT2D eigenvalue weighted by Crippen LogP contribution is -2.36. The van der Waals surface area contributed by atoms with Crippen molar-refractivity contribution in [2.45, 2.75) is 39.4 Å². The number of amides is 1. The summed E-state index contributed by atoms with van der Waals surface area (Å²) in [6, 6.07) is 18.3. The third-order valence-corrected chi connectivity index (χ3v) is 5.28. The van der Waals surface area contributed by atoms with Gasteiger partial charge >= 0.3 is 0 Å². The van der Waals surface area contributed by atoms with Crippen LogP contribution in [0.15, 0.2) is 59.1 Å². The molecule has 1 amide bonds. The number of nitrogens with zero attached hydrogens (tertiary/aromatic N) is 2. The number of nitrogens with one attached hydrogen (secondary N) is 2. The number of hydrogen-bond acceptors (Lipinski definition) is 6. The normalized spacial score (nSPS) is 12.9. The number of nitriles is 1. The fourth-order valence-electron chi connectivity index (χ4n) is 3.23. The molecule has 7 heteroatoms. The van der Waals surface area contributed by atoms with Crippen molar-refractivity contribution in [2.24, 2.45) is 5.92 Å². The van der Waals surface area contributed by atoms with Gasteiger partial charge in [0.25, 0.3) is 5.91 Å². The maximum atomic E-state index is 12.3. The zero-order chi connectivity index (χ0) is 23.1. The summed E-state index contributed by atoms with van der Waals surface area (Å²) in [5, 5.41) is 28.5. The molecule has 32 heavy (non-hydrogen) atoms. The number of carbonyl (C=O) groups excluding carboxylic acids is 1. The van der Waals surface area contributed by atoms with Crippen molar-refractivity contribution in [1.29, 1.82) is 5.26 Å². The number of rotatable bonds is 9. The first-order valence-corrected chi connectivity index (χ1v) is 10.6. The third-order valence-electron chi connectivity index (χ3n) is 5.28. The van der Waals surface area contributed by atoms with Crippen LogP contribution in [0, 0.1) is 17.2 Å². The fraction of sp³-hybridized carbons (Fsp3) is 0.320. The van der Waals surface area contributed by atoms with E-state index in [0.29, 0.717) is 29.5 Å². The second kappa shape index (κ2) is 10.7. The Kier molecular flexibility index (Phi) is 7.77. The van der Waals surface area contributed by atoms with Crippen LogP contribution in [-0.2, 0) is 6.54 Å². The van der Waals surface area contributed by atoms with Crippen molar-refractivity contribution < 1.29 is 14.4 Å². The molecule has 0 bridgehead atoms. The lowest BCUT2D eigenvalue weighted by atomic mass is 10.0. The number of carbonyl (C=O) groups is 1. The first-order chi connectivity index (χ1) is 15.4.